The van der Waals surface area contributed by atoms with Gasteiger partial charge in [-0.2, -0.15) is 0 Å². The molecule has 0 amide bonds. The Morgan fingerprint density at radius 3 is 2.89 bits per heavy atom. The Morgan fingerprint density at radius 1 is 1.50 bits per heavy atom. The second-order valence-electron chi connectivity index (χ2n) is 4.07. The van der Waals surface area contributed by atoms with E-state index in [4.69, 9.17) is 11.6 Å². The van der Waals surface area contributed by atoms with Gasteiger partial charge >= 0.3 is 0 Å². The summed E-state index contributed by atoms with van der Waals surface area (Å²) >= 11 is 7.73. The fraction of sp³-hybridized carbons (Fsp3) is 0.308. The molecule has 0 aliphatic heterocycles. The van der Waals surface area contributed by atoms with Crippen molar-refractivity contribution in [1.82, 2.24) is 10.3 Å². The van der Waals surface area contributed by atoms with Crippen LogP contribution in [0.3, 0.4) is 0 Å². The van der Waals surface area contributed by atoms with Gasteiger partial charge in [0.25, 0.3) is 0 Å². The molecule has 0 aliphatic rings. The van der Waals surface area contributed by atoms with Crippen molar-refractivity contribution < 1.29 is 4.39 Å². The lowest BCUT2D eigenvalue weighted by Crippen LogP contribution is -2.19. The van der Waals surface area contributed by atoms with Crippen molar-refractivity contribution in [2.75, 3.05) is 7.05 Å². The van der Waals surface area contributed by atoms with Crippen LogP contribution in [0.4, 0.5) is 4.39 Å². The van der Waals surface area contributed by atoms with E-state index in [1.54, 1.807) is 17.4 Å². The van der Waals surface area contributed by atoms with Gasteiger partial charge in [0.2, 0.25) is 0 Å². The topological polar surface area (TPSA) is 24.9 Å². The molecule has 5 heteroatoms. The summed E-state index contributed by atoms with van der Waals surface area (Å²) in [5, 5.41) is 6.78. The Labute approximate surface area is 115 Å². The monoisotopic (exact) mass is 284 g/mol. The van der Waals surface area contributed by atoms with Crippen LogP contribution in [-0.2, 0) is 6.42 Å². The third kappa shape index (κ3) is 3.07. The van der Waals surface area contributed by atoms with E-state index in [0.29, 0.717) is 11.4 Å². The molecule has 0 fully saturated rings. The Morgan fingerprint density at radius 2 is 2.28 bits per heavy atom. The number of thiazole rings is 1. The Balaban J connectivity index is 2.25. The van der Waals surface area contributed by atoms with Crippen LogP contribution in [0, 0.1) is 12.7 Å². The Kier molecular flexibility index (Phi) is 4.32. The van der Waals surface area contributed by atoms with Gasteiger partial charge in [-0.05, 0) is 37.7 Å². The van der Waals surface area contributed by atoms with Crippen LogP contribution in [0.15, 0.2) is 23.6 Å². The molecule has 1 heterocycles. The average Bonchev–Trinajstić information content (AvgIpc) is 2.75. The first kappa shape index (κ1) is 13.5. The molecule has 2 nitrogen and oxygen atoms in total. The van der Waals surface area contributed by atoms with Gasteiger partial charge in [0.1, 0.15) is 5.82 Å². The van der Waals surface area contributed by atoms with Crippen molar-refractivity contribution in [3.05, 3.63) is 50.7 Å². The molecule has 2 rings (SSSR count). The number of benzene rings is 1. The van der Waals surface area contributed by atoms with E-state index in [-0.39, 0.29) is 11.9 Å². The van der Waals surface area contributed by atoms with E-state index in [0.717, 1.165) is 16.3 Å². The van der Waals surface area contributed by atoms with Crippen LogP contribution in [-0.4, -0.2) is 12.0 Å². The second kappa shape index (κ2) is 5.78. The quantitative estimate of drug-likeness (QED) is 0.925. The lowest BCUT2D eigenvalue weighted by molar-refractivity contribution is 0.573. The molecule has 0 radical (unpaired) electrons. The highest BCUT2D eigenvalue weighted by Gasteiger charge is 2.15. The fourth-order valence-electron chi connectivity index (χ4n) is 1.86. The summed E-state index contributed by atoms with van der Waals surface area (Å²) in [5.74, 6) is -0.274. The van der Waals surface area contributed by atoms with Crippen molar-refractivity contribution in [3.63, 3.8) is 0 Å². The average molecular weight is 285 g/mol. The Bertz CT molecular complexity index is 542. The van der Waals surface area contributed by atoms with E-state index in [1.165, 1.54) is 12.1 Å². The van der Waals surface area contributed by atoms with Gasteiger partial charge in [-0.3, -0.25) is 0 Å². The zero-order chi connectivity index (χ0) is 13.1. The molecule has 0 aliphatic carbocycles. The predicted octanol–water partition coefficient (Wildman–Crippen LogP) is 3.75. The number of halogens is 2. The summed E-state index contributed by atoms with van der Waals surface area (Å²) < 4.78 is 13.3. The number of nitrogens with zero attached hydrogens (tertiary/aromatic N) is 1. The van der Waals surface area contributed by atoms with Gasteiger partial charge in [0.05, 0.1) is 10.7 Å². The minimum absolute atomic E-state index is 0.0327. The molecule has 1 aromatic carbocycles. The summed E-state index contributed by atoms with van der Waals surface area (Å²) in [4.78, 5) is 4.42. The molecular weight excluding hydrogens is 271 g/mol. The van der Waals surface area contributed by atoms with Crippen molar-refractivity contribution >= 4 is 22.9 Å². The third-order valence-corrected chi connectivity index (χ3v) is 3.93. The fourth-order valence-corrected chi connectivity index (χ4v) is 2.74. The maximum absolute atomic E-state index is 13.3. The standard InChI is InChI=1S/C13H14ClFN2S/c1-8-17-10(7-18-8)6-13(16-2)11-5-9(15)3-4-12(11)14/h3-5,7,13,16H,6H2,1-2H3. The zero-order valence-electron chi connectivity index (χ0n) is 10.2. The molecule has 18 heavy (non-hydrogen) atoms. The van der Waals surface area contributed by atoms with Crippen molar-refractivity contribution in [1.29, 1.82) is 0 Å². The summed E-state index contributed by atoms with van der Waals surface area (Å²) in [6, 6.07) is 4.40. The number of hydrogen-bond donors (Lipinski definition) is 1. The van der Waals surface area contributed by atoms with Gasteiger partial charge in [0.15, 0.2) is 0 Å². The summed E-state index contributed by atoms with van der Waals surface area (Å²) in [7, 11) is 1.84. The van der Waals surface area contributed by atoms with Gasteiger partial charge < -0.3 is 5.32 Å². The highest BCUT2D eigenvalue weighted by molar-refractivity contribution is 7.09. The minimum atomic E-state index is -0.274. The van der Waals surface area contributed by atoms with Crippen molar-refractivity contribution in [2.45, 2.75) is 19.4 Å². The van der Waals surface area contributed by atoms with Gasteiger partial charge in [-0.25, -0.2) is 9.37 Å². The van der Waals surface area contributed by atoms with E-state index < -0.39 is 0 Å². The molecule has 0 spiro atoms. The maximum Gasteiger partial charge on any atom is 0.123 e. The van der Waals surface area contributed by atoms with Gasteiger partial charge in [-0.1, -0.05) is 11.6 Å². The molecule has 1 N–H and O–H groups in total. The SMILES string of the molecule is CNC(Cc1csc(C)n1)c1cc(F)ccc1Cl. The number of hydrogen-bond acceptors (Lipinski definition) is 3. The number of likely N-dealkylation sites (N-methyl/N-ethyl adjacent to an activating group) is 1. The molecule has 96 valence electrons. The maximum atomic E-state index is 13.3. The van der Waals surface area contributed by atoms with Crippen LogP contribution in [0.5, 0.6) is 0 Å². The molecule has 0 bridgehead atoms. The Hall–Kier alpha value is -0.970. The van der Waals surface area contributed by atoms with Gasteiger partial charge in [0, 0.05) is 22.9 Å². The first-order chi connectivity index (χ1) is 8.60. The molecule has 0 saturated heterocycles. The normalized spacial score (nSPS) is 12.7. The molecule has 1 unspecified atom stereocenters. The van der Waals surface area contributed by atoms with Crippen LogP contribution in [0.1, 0.15) is 22.3 Å². The number of aromatic nitrogens is 1. The molecular formula is C13H14ClFN2S. The highest BCUT2D eigenvalue weighted by Crippen LogP contribution is 2.26. The van der Waals surface area contributed by atoms with E-state index in [9.17, 15) is 4.39 Å². The number of rotatable bonds is 4. The first-order valence-corrected chi connectivity index (χ1v) is 6.89. The number of aryl methyl sites for hydroxylation is 1. The van der Waals surface area contributed by atoms with Crippen LogP contribution in [0.25, 0.3) is 0 Å². The summed E-state index contributed by atoms with van der Waals surface area (Å²) in [6.45, 7) is 1.97. The second-order valence-corrected chi connectivity index (χ2v) is 5.54. The predicted molar refractivity (Wildman–Crippen MR) is 73.8 cm³/mol. The first-order valence-electron chi connectivity index (χ1n) is 5.63. The molecule has 2 aromatic rings. The molecule has 1 aromatic heterocycles. The summed E-state index contributed by atoms with van der Waals surface area (Å²) in [6.07, 6.45) is 0.698. The van der Waals surface area contributed by atoms with Crippen LogP contribution >= 0.6 is 22.9 Å². The smallest absolute Gasteiger partial charge is 0.123 e. The van der Waals surface area contributed by atoms with E-state index in [1.807, 2.05) is 19.4 Å². The lowest BCUT2D eigenvalue weighted by Gasteiger charge is -2.17. The third-order valence-electron chi connectivity index (χ3n) is 2.76. The van der Waals surface area contributed by atoms with Crippen molar-refractivity contribution in [2.24, 2.45) is 0 Å². The van der Waals surface area contributed by atoms with Crippen LogP contribution in [0.2, 0.25) is 5.02 Å². The van der Waals surface area contributed by atoms with E-state index >= 15 is 0 Å². The zero-order valence-corrected chi connectivity index (χ0v) is 11.8. The number of nitrogens with one attached hydrogen (secondary N) is 1. The van der Waals surface area contributed by atoms with E-state index in [2.05, 4.69) is 10.3 Å². The van der Waals surface area contributed by atoms with Crippen LogP contribution < -0.4 is 5.32 Å². The van der Waals surface area contributed by atoms with Gasteiger partial charge in [-0.15, -0.1) is 11.3 Å². The molecule has 0 saturated carbocycles. The van der Waals surface area contributed by atoms with Crippen molar-refractivity contribution in [3.8, 4) is 0 Å². The summed E-state index contributed by atoms with van der Waals surface area (Å²) in [5.41, 5.74) is 1.77. The molecule has 1 atom stereocenters. The largest absolute Gasteiger partial charge is 0.313 e. The highest BCUT2D eigenvalue weighted by atomic mass is 35.5. The lowest BCUT2D eigenvalue weighted by atomic mass is 10.0. The minimum Gasteiger partial charge on any atom is -0.313 e.